The molecule has 0 spiro atoms. The first-order valence-electron chi connectivity index (χ1n) is 9.46. The highest BCUT2D eigenvalue weighted by molar-refractivity contribution is 7.14. The van der Waals surface area contributed by atoms with Crippen molar-refractivity contribution in [3.05, 3.63) is 71.2 Å². The number of carbonyl (C=O) groups is 2. The highest BCUT2D eigenvalue weighted by Gasteiger charge is 2.25. The van der Waals surface area contributed by atoms with Crippen LogP contribution in [0.3, 0.4) is 0 Å². The molecule has 1 aliphatic heterocycles. The Labute approximate surface area is 173 Å². The molecule has 148 valence electrons. The summed E-state index contributed by atoms with van der Waals surface area (Å²) in [5.74, 6) is -0.388. The minimum atomic E-state index is -0.423. The Morgan fingerprint density at radius 2 is 2.00 bits per heavy atom. The van der Waals surface area contributed by atoms with Crippen molar-refractivity contribution >= 4 is 39.7 Å². The van der Waals surface area contributed by atoms with Crippen LogP contribution in [0.5, 0.6) is 0 Å². The maximum absolute atomic E-state index is 13.4. The Bertz CT molecular complexity index is 1010. The third-order valence-electron chi connectivity index (χ3n) is 4.61. The Hall–Kier alpha value is -3.03. The van der Waals surface area contributed by atoms with Crippen molar-refractivity contribution in [1.82, 2.24) is 4.98 Å². The Balaban J connectivity index is 1.61. The highest BCUT2D eigenvalue weighted by Crippen LogP contribution is 2.30. The average molecular weight is 407 g/mol. The molecule has 1 saturated heterocycles. The van der Waals surface area contributed by atoms with Crippen molar-refractivity contribution in [1.29, 1.82) is 0 Å². The van der Waals surface area contributed by atoms with Crippen molar-refractivity contribution in [2.24, 2.45) is 0 Å². The maximum atomic E-state index is 13.4. The van der Waals surface area contributed by atoms with Crippen molar-refractivity contribution in [3.8, 4) is 0 Å². The summed E-state index contributed by atoms with van der Waals surface area (Å²) in [7, 11) is 0. The smallest absolute Gasteiger partial charge is 0.264 e. The monoisotopic (exact) mass is 407 g/mol. The van der Waals surface area contributed by atoms with Gasteiger partial charge in [0.15, 0.2) is 5.13 Å². The molecule has 2 amide bonds. The van der Waals surface area contributed by atoms with Gasteiger partial charge in [-0.15, -0.1) is 11.3 Å². The molecule has 4 rings (SSSR count). The number of benzene rings is 2. The number of nitrogens with zero attached hydrogens (tertiary/aromatic N) is 2. The van der Waals surface area contributed by atoms with Gasteiger partial charge < -0.3 is 10.1 Å². The van der Waals surface area contributed by atoms with Crippen molar-refractivity contribution in [3.63, 3.8) is 0 Å². The lowest BCUT2D eigenvalue weighted by molar-refractivity contribution is -0.124. The van der Waals surface area contributed by atoms with Crippen LogP contribution >= 0.6 is 11.3 Å². The van der Waals surface area contributed by atoms with Crippen LogP contribution in [-0.2, 0) is 9.53 Å². The molecule has 1 aliphatic rings. The van der Waals surface area contributed by atoms with E-state index in [1.807, 2.05) is 42.6 Å². The van der Waals surface area contributed by atoms with Crippen LogP contribution in [0, 0.1) is 6.92 Å². The summed E-state index contributed by atoms with van der Waals surface area (Å²) in [6.07, 6.45) is 1.18. The van der Waals surface area contributed by atoms with Gasteiger partial charge in [0.25, 0.3) is 11.8 Å². The standard InChI is InChI=1S/C22H21N3O3S/c1-15-14-29-22(23-15)25(18-9-3-2-4-10-18)21(27)16-7-5-8-17(13-16)24-20(26)19-11-6-12-28-19/h2-5,7-10,13-14,19H,6,11-12H2,1H3,(H,24,26). The molecule has 0 radical (unpaired) electrons. The summed E-state index contributed by atoms with van der Waals surface area (Å²) in [4.78, 5) is 31.8. The van der Waals surface area contributed by atoms with Crippen molar-refractivity contribution in [2.45, 2.75) is 25.9 Å². The van der Waals surface area contributed by atoms with Crippen LogP contribution in [0.25, 0.3) is 0 Å². The van der Waals surface area contributed by atoms with Crippen LogP contribution in [0.2, 0.25) is 0 Å². The number of carbonyl (C=O) groups excluding carboxylic acids is 2. The Kier molecular flexibility index (Phi) is 5.69. The predicted molar refractivity (Wildman–Crippen MR) is 114 cm³/mol. The minimum absolute atomic E-state index is 0.178. The first-order valence-corrected chi connectivity index (χ1v) is 10.3. The summed E-state index contributed by atoms with van der Waals surface area (Å²) in [5, 5.41) is 5.37. The van der Waals surface area contributed by atoms with E-state index in [0.717, 1.165) is 24.2 Å². The van der Waals surface area contributed by atoms with Crippen LogP contribution in [0.1, 0.15) is 28.9 Å². The van der Waals surface area contributed by atoms with E-state index >= 15 is 0 Å². The molecule has 2 aromatic carbocycles. The SMILES string of the molecule is Cc1csc(N(C(=O)c2cccc(NC(=O)C3CCCO3)c2)c2ccccc2)n1. The highest BCUT2D eigenvalue weighted by atomic mass is 32.1. The van der Waals surface area contributed by atoms with Gasteiger partial charge in [0, 0.05) is 23.2 Å². The average Bonchev–Trinajstić information content (AvgIpc) is 3.41. The van der Waals surface area contributed by atoms with Gasteiger partial charge in [-0.2, -0.15) is 0 Å². The summed E-state index contributed by atoms with van der Waals surface area (Å²) < 4.78 is 5.43. The van der Waals surface area contributed by atoms with E-state index < -0.39 is 6.10 Å². The van der Waals surface area contributed by atoms with Gasteiger partial charge in [0.2, 0.25) is 0 Å². The van der Waals surface area contributed by atoms with Gasteiger partial charge in [0.1, 0.15) is 6.10 Å². The lowest BCUT2D eigenvalue weighted by atomic mass is 10.1. The molecule has 1 unspecified atom stereocenters. The quantitative estimate of drug-likeness (QED) is 0.674. The number of hydrogen-bond acceptors (Lipinski definition) is 5. The van der Waals surface area contributed by atoms with Gasteiger partial charge in [-0.25, -0.2) is 4.98 Å². The summed E-state index contributed by atoms with van der Waals surface area (Å²) in [6.45, 7) is 2.50. The molecule has 29 heavy (non-hydrogen) atoms. The topological polar surface area (TPSA) is 71.5 Å². The number of aryl methyl sites for hydroxylation is 1. The molecule has 7 heteroatoms. The molecule has 3 aromatic rings. The van der Waals surface area contributed by atoms with E-state index in [2.05, 4.69) is 10.3 Å². The first-order chi connectivity index (χ1) is 14.1. The van der Waals surface area contributed by atoms with Crippen LogP contribution in [-0.4, -0.2) is 29.5 Å². The first kappa shape index (κ1) is 19.3. The van der Waals surface area contributed by atoms with Crippen LogP contribution in [0.15, 0.2) is 60.0 Å². The number of aromatic nitrogens is 1. The Morgan fingerprint density at radius 3 is 2.69 bits per heavy atom. The number of nitrogens with one attached hydrogen (secondary N) is 1. The lowest BCUT2D eigenvalue weighted by Crippen LogP contribution is -2.28. The molecule has 1 aromatic heterocycles. The van der Waals surface area contributed by atoms with Gasteiger partial charge in [-0.1, -0.05) is 24.3 Å². The number of rotatable bonds is 5. The number of amides is 2. The number of thiazole rings is 1. The molecular formula is C22H21N3O3S. The zero-order valence-corrected chi connectivity index (χ0v) is 16.8. The molecule has 0 aliphatic carbocycles. The Morgan fingerprint density at radius 1 is 1.17 bits per heavy atom. The van der Waals surface area contributed by atoms with Crippen LogP contribution in [0.4, 0.5) is 16.5 Å². The van der Waals surface area contributed by atoms with Crippen molar-refractivity contribution in [2.75, 3.05) is 16.8 Å². The van der Waals surface area contributed by atoms with E-state index in [1.54, 1.807) is 29.2 Å². The molecular weight excluding hydrogens is 386 g/mol. The molecule has 1 fully saturated rings. The van der Waals surface area contributed by atoms with Crippen LogP contribution < -0.4 is 10.2 Å². The number of anilines is 3. The summed E-state index contributed by atoms with van der Waals surface area (Å²) in [6, 6.07) is 16.4. The third kappa shape index (κ3) is 4.36. The fourth-order valence-electron chi connectivity index (χ4n) is 3.20. The van der Waals surface area contributed by atoms with E-state index in [1.165, 1.54) is 11.3 Å². The van der Waals surface area contributed by atoms with Gasteiger partial charge >= 0.3 is 0 Å². The van der Waals surface area contributed by atoms with E-state index in [0.29, 0.717) is 23.0 Å². The molecule has 1 N–H and O–H groups in total. The third-order valence-corrected chi connectivity index (χ3v) is 5.56. The molecule has 6 nitrogen and oxygen atoms in total. The summed E-state index contributed by atoms with van der Waals surface area (Å²) >= 11 is 1.41. The number of para-hydroxylation sites is 1. The lowest BCUT2D eigenvalue weighted by Gasteiger charge is -2.20. The second kappa shape index (κ2) is 8.55. The van der Waals surface area contributed by atoms with Gasteiger partial charge in [-0.05, 0) is 50.1 Å². The van der Waals surface area contributed by atoms with E-state index in [4.69, 9.17) is 4.74 Å². The zero-order chi connectivity index (χ0) is 20.2. The zero-order valence-electron chi connectivity index (χ0n) is 16.0. The second-order valence-electron chi connectivity index (χ2n) is 6.82. The largest absolute Gasteiger partial charge is 0.368 e. The predicted octanol–water partition coefficient (Wildman–Crippen LogP) is 4.55. The summed E-state index contributed by atoms with van der Waals surface area (Å²) in [5.41, 5.74) is 2.63. The fourth-order valence-corrected chi connectivity index (χ4v) is 4.02. The van der Waals surface area contributed by atoms with Gasteiger partial charge in [0.05, 0.1) is 11.4 Å². The molecule has 0 saturated carbocycles. The molecule has 1 atom stereocenters. The van der Waals surface area contributed by atoms with Crippen molar-refractivity contribution < 1.29 is 14.3 Å². The number of hydrogen-bond donors (Lipinski definition) is 1. The fraction of sp³-hybridized carbons (Fsp3) is 0.227. The van der Waals surface area contributed by atoms with E-state index in [9.17, 15) is 9.59 Å². The number of ether oxygens (including phenoxy) is 1. The second-order valence-corrected chi connectivity index (χ2v) is 7.66. The molecule has 2 heterocycles. The normalized spacial score (nSPS) is 15.8. The van der Waals surface area contributed by atoms with Gasteiger partial charge in [-0.3, -0.25) is 14.5 Å². The maximum Gasteiger partial charge on any atom is 0.264 e. The molecule has 0 bridgehead atoms. The minimum Gasteiger partial charge on any atom is -0.368 e. The van der Waals surface area contributed by atoms with E-state index in [-0.39, 0.29) is 11.8 Å².